The summed E-state index contributed by atoms with van der Waals surface area (Å²) in [6, 6.07) is 4.81. The average molecular weight is 375 g/mol. The molecule has 11 heteroatoms. The molecule has 25 heavy (non-hydrogen) atoms. The third kappa shape index (κ3) is 5.16. The highest BCUT2D eigenvalue weighted by atomic mass is 32.2. The highest BCUT2D eigenvalue weighted by Gasteiger charge is 2.31. The van der Waals surface area contributed by atoms with Crippen molar-refractivity contribution >= 4 is 15.9 Å². The Morgan fingerprint density at radius 3 is 2.44 bits per heavy atom. The fourth-order valence-corrected chi connectivity index (χ4v) is 2.92. The van der Waals surface area contributed by atoms with Gasteiger partial charge in [-0.3, -0.25) is 9.78 Å². The van der Waals surface area contributed by atoms with Crippen molar-refractivity contribution in [2.45, 2.75) is 17.7 Å². The largest absolute Gasteiger partial charge is 0.573 e. The molecule has 2 rings (SSSR count). The third-order valence-electron chi connectivity index (χ3n) is 2.99. The van der Waals surface area contributed by atoms with Gasteiger partial charge in [0, 0.05) is 17.3 Å². The number of nitrogens with zero attached hydrogens (tertiary/aromatic N) is 1. The van der Waals surface area contributed by atoms with E-state index in [1.54, 1.807) is 0 Å². The van der Waals surface area contributed by atoms with Gasteiger partial charge in [-0.15, -0.1) is 13.2 Å². The molecule has 0 aliphatic heterocycles. The smallest absolute Gasteiger partial charge is 0.404 e. The number of halogens is 3. The minimum atomic E-state index is -4.92. The van der Waals surface area contributed by atoms with Gasteiger partial charge in [-0.2, -0.15) is 0 Å². The van der Waals surface area contributed by atoms with Crippen LogP contribution in [0.2, 0.25) is 0 Å². The number of nitrogens with two attached hydrogens (primary N) is 2. The fourth-order valence-electron chi connectivity index (χ4n) is 2.11. The number of aromatic nitrogens is 1. The standard InChI is InChI=1S/C14H12F3N3O4S/c15-14(16,17)24-10-5-9(6-20-7-10)11-2-1-8(4-13(18)21)3-12(11)25(19,22)23/h1-3,5-7H,4H2,(H2,18,21)(H2,19,22,23). The summed E-state index contributed by atoms with van der Waals surface area (Å²) in [4.78, 5) is 14.2. The number of hydrogen-bond acceptors (Lipinski definition) is 5. The number of primary sulfonamides is 1. The predicted molar refractivity (Wildman–Crippen MR) is 80.6 cm³/mol. The topological polar surface area (TPSA) is 125 Å². The number of ether oxygens (including phenoxy) is 1. The summed E-state index contributed by atoms with van der Waals surface area (Å²) in [5.74, 6) is -1.30. The monoisotopic (exact) mass is 375 g/mol. The van der Waals surface area contributed by atoms with E-state index in [2.05, 4.69) is 9.72 Å². The Bertz CT molecular complexity index is 914. The van der Waals surface area contributed by atoms with Gasteiger partial charge in [0.05, 0.1) is 17.5 Å². The zero-order chi connectivity index (χ0) is 18.8. The van der Waals surface area contributed by atoms with Gasteiger partial charge in [0.1, 0.15) is 5.75 Å². The number of primary amides is 1. The highest BCUT2D eigenvalue weighted by Crippen LogP contribution is 2.31. The molecule has 0 radical (unpaired) electrons. The number of rotatable bonds is 5. The van der Waals surface area contributed by atoms with E-state index in [1.165, 1.54) is 12.1 Å². The van der Waals surface area contributed by atoms with Gasteiger partial charge in [-0.05, 0) is 17.7 Å². The first-order valence-corrected chi connectivity index (χ1v) is 8.15. The Balaban J connectivity index is 2.55. The quantitative estimate of drug-likeness (QED) is 0.815. The van der Waals surface area contributed by atoms with Crippen molar-refractivity contribution in [3.05, 3.63) is 42.2 Å². The Hall–Kier alpha value is -2.66. The second-order valence-electron chi connectivity index (χ2n) is 4.98. The zero-order valence-corrected chi connectivity index (χ0v) is 13.3. The van der Waals surface area contributed by atoms with Crippen LogP contribution in [0, 0.1) is 0 Å². The SMILES string of the molecule is NC(=O)Cc1ccc(-c2cncc(OC(F)(F)F)c2)c(S(N)(=O)=O)c1. The van der Waals surface area contributed by atoms with Crippen LogP contribution in [0.15, 0.2) is 41.6 Å². The van der Waals surface area contributed by atoms with Gasteiger partial charge in [-0.25, -0.2) is 13.6 Å². The molecule has 0 spiro atoms. The van der Waals surface area contributed by atoms with Crippen LogP contribution in [0.1, 0.15) is 5.56 Å². The molecular weight excluding hydrogens is 363 g/mol. The number of alkyl halides is 3. The highest BCUT2D eigenvalue weighted by molar-refractivity contribution is 7.89. The molecule has 0 unspecified atom stereocenters. The molecule has 0 saturated heterocycles. The molecular formula is C14H12F3N3O4S. The maximum Gasteiger partial charge on any atom is 0.573 e. The van der Waals surface area contributed by atoms with E-state index in [4.69, 9.17) is 10.9 Å². The Kier molecular flexibility index (Phi) is 4.99. The predicted octanol–water partition coefficient (Wildman–Crippen LogP) is 1.32. The molecule has 134 valence electrons. The van der Waals surface area contributed by atoms with Crippen LogP contribution in [0.5, 0.6) is 5.75 Å². The maximum absolute atomic E-state index is 12.3. The van der Waals surface area contributed by atoms with Crippen LogP contribution in [0.25, 0.3) is 11.1 Å². The Labute approximate surface area is 140 Å². The molecule has 1 amide bonds. The third-order valence-corrected chi connectivity index (χ3v) is 3.94. The van der Waals surface area contributed by atoms with Crippen LogP contribution >= 0.6 is 0 Å². The zero-order valence-electron chi connectivity index (χ0n) is 12.4. The van der Waals surface area contributed by atoms with E-state index in [0.717, 1.165) is 24.5 Å². The summed E-state index contributed by atoms with van der Waals surface area (Å²) in [7, 11) is -4.23. The minimum Gasteiger partial charge on any atom is -0.404 e. The van der Waals surface area contributed by atoms with Crippen LogP contribution in [0.3, 0.4) is 0 Å². The van der Waals surface area contributed by atoms with Crippen molar-refractivity contribution in [2.75, 3.05) is 0 Å². The van der Waals surface area contributed by atoms with E-state index in [0.29, 0.717) is 0 Å². The normalized spacial score (nSPS) is 12.0. The molecule has 0 aliphatic carbocycles. The summed E-state index contributed by atoms with van der Waals surface area (Å²) >= 11 is 0. The number of hydrogen-bond donors (Lipinski definition) is 2. The fraction of sp³-hybridized carbons (Fsp3) is 0.143. The second kappa shape index (κ2) is 6.69. The average Bonchev–Trinajstić information content (AvgIpc) is 2.44. The molecule has 7 nitrogen and oxygen atoms in total. The summed E-state index contributed by atoms with van der Waals surface area (Å²) < 4.78 is 64.3. The van der Waals surface area contributed by atoms with Crippen LogP contribution in [-0.4, -0.2) is 25.7 Å². The lowest BCUT2D eigenvalue weighted by atomic mass is 10.0. The first kappa shape index (κ1) is 18.7. The minimum absolute atomic E-state index is 0.0100. The van der Waals surface area contributed by atoms with Crippen LogP contribution < -0.4 is 15.6 Å². The van der Waals surface area contributed by atoms with Crippen LogP contribution in [0.4, 0.5) is 13.2 Å². The van der Waals surface area contributed by atoms with Crippen LogP contribution in [-0.2, 0) is 21.2 Å². The van der Waals surface area contributed by atoms with Crippen molar-refractivity contribution < 1.29 is 31.1 Å². The van der Waals surface area contributed by atoms with Gasteiger partial charge in [0.15, 0.2) is 0 Å². The maximum atomic E-state index is 12.3. The van der Waals surface area contributed by atoms with Crippen molar-refractivity contribution in [3.8, 4) is 16.9 Å². The summed E-state index contributed by atoms with van der Waals surface area (Å²) in [6.07, 6.45) is -3.16. The lowest BCUT2D eigenvalue weighted by Crippen LogP contribution is -2.17. The molecule has 0 aliphatic rings. The molecule has 0 bridgehead atoms. The molecule has 4 N–H and O–H groups in total. The number of benzene rings is 1. The molecule has 0 fully saturated rings. The van der Waals surface area contributed by atoms with Crippen molar-refractivity contribution in [2.24, 2.45) is 10.9 Å². The molecule has 0 atom stereocenters. The van der Waals surface area contributed by atoms with Gasteiger partial charge < -0.3 is 10.5 Å². The molecule has 1 aromatic carbocycles. The van der Waals surface area contributed by atoms with Gasteiger partial charge in [-0.1, -0.05) is 12.1 Å². The van der Waals surface area contributed by atoms with Gasteiger partial charge in [0.25, 0.3) is 0 Å². The molecule has 0 saturated carbocycles. The Morgan fingerprint density at radius 2 is 1.88 bits per heavy atom. The lowest BCUT2D eigenvalue weighted by Gasteiger charge is -2.12. The van der Waals surface area contributed by atoms with E-state index in [9.17, 15) is 26.4 Å². The number of carbonyl (C=O) groups is 1. The van der Waals surface area contributed by atoms with E-state index in [-0.39, 0.29) is 28.0 Å². The molecule has 2 aromatic rings. The van der Waals surface area contributed by atoms with Gasteiger partial charge in [0.2, 0.25) is 15.9 Å². The van der Waals surface area contributed by atoms with Crippen molar-refractivity contribution in [1.82, 2.24) is 4.98 Å². The van der Waals surface area contributed by atoms with E-state index >= 15 is 0 Å². The number of pyridine rings is 1. The van der Waals surface area contributed by atoms with Gasteiger partial charge >= 0.3 is 6.36 Å². The number of sulfonamides is 1. The molecule has 1 aromatic heterocycles. The first-order chi connectivity index (χ1) is 11.5. The number of amides is 1. The van der Waals surface area contributed by atoms with E-state index in [1.807, 2.05) is 0 Å². The number of carbonyl (C=O) groups excluding carboxylic acids is 1. The van der Waals surface area contributed by atoms with Crippen molar-refractivity contribution in [3.63, 3.8) is 0 Å². The van der Waals surface area contributed by atoms with Crippen molar-refractivity contribution in [1.29, 1.82) is 0 Å². The summed E-state index contributed by atoms with van der Waals surface area (Å²) in [5, 5.41) is 5.16. The lowest BCUT2D eigenvalue weighted by molar-refractivity contribution is -0.274. The first-order valence-electron chi connectivity index (χ1n) is 6.61. The molecule has 1 heterocycles. The summed E-state index contributed by atoms with van der Waals surface area (Å²) in [5.41, 5.74) is 5.39. The van der Waals surface area contributed by atoms with E-state index < -0.39 is 28.0 Å². The Morgan fingerprint density at radius 1 is 1.20 bits per heavy atom. The second-order valence-corrected chi connectivity index (χ2v) is 6.51. The summed E-state index contributed by atoms with van der Waals surface area (Å²) in [6.45, 7) is 0.